The molecular formula is C29H26N8O3. The SMILES string of the molecule is COCCn1c(=O)c2c(nc(C)n2Cc2ccc(-c3ccccc3-c3nnn[nH]3)cc2)n(-c2ccccc2)c1=O. The van der Waals surface area contributed by atoms with Gasteiger partial charge in [-0.1, -0.05) is 66.7 Å². The van der Waals surface area contributed by atoms with Crippen LogP contribution in [0.2, 0.25) is 0 Å². The van der Waals surface area contributed by atoms with Crippen molar-refractivity contribution in [3.8, 4) is 28.2 Å². The molecular weight excluding hydrogens is 508 g/mol. The van der Waals surface area contributed by atoms with E-state index < -0.39 is 11.2 Å². The number of aromatic amines is 1. The van der Waals surface area contributed by atoms with Crippen molar-refractivity contribution in [2.24, 2.45) is 0 Å². The minimum Gasteiger partial charge on any atom is -0.383 e. The highest BCUT2D eigenvalue weighted by Gasteiger charge is 2.21. The van der Waals surface area contributed by atoms with E-state index in [2.05, 4.69) is 20.6 Å². The number of H-pyrrole nitrogens is 1. The third-order valence-corrected chi connectivity index (χ3v) is 6.89. The van der Waals surface area contributed by atoms with Crippen LogP contribution in [0.15, 0.2) is 88.5 Å². The number of methoxy groups -OCH3 is 1. The van der Waals surface area contributed by atoms with Crippen LogP contribution in [0.25, 0.3) is 39.4 Å². The van der Waals surface area contributed by atoms with Gasteiger partial charge in [0, 0.05) is 19.2 Å². The molecule has 0 aliphatic rings. The topological polar surface area (TPSA) is 126 Å². The summed E-state index contributed by atoms with van der Waals surface area (Å²) in [5, 5.41) is 14.3. The van der Waals surface area contributed by atoms with Crippen molar-refractivity contribution in [1.82, 2.24) is 39.3 Å². The van der Waals surface area contributed by atoms with Crippen molar-refractivity contribution in [1.29, 1.82) is 0 Å². The van der Waals surface area contributed by atoms with Crippen LogP contribution in [0.5, 0.6) is 0 Å². The average Bonchev–Trinajstić information content (AvgIpc) is 3.63. The normalized spacial score (nSPS) is 11.3. The first-order valence-electron chi connectivity index (χ1n) is 12.8. The number of benzene rings is 3. The van der Waals surface area contributed by atoms with Crippen LogP contribution in [-0.2, 0) is 17.8 Å². The molecule has 0 unspecified atom stereocenters. The number of fused-ring (bicyclic) bond motifs is 1. The fourth-order valence-electron chi connectivity index (χ4n) is 4.91. The number of ether oxygens (including phenoxy) is 1. The predicted octanol–water partition coefficient (Wildman–Crippen LogP) is 3.20. The highest BCUT2D eigenvalue weighted by Crippen LogP contribution is 2.30. The number of nitrogens with one attached hydrogen (secondary N) is 1. The van der Waals surface area contributed by atoms with Gasteiger partial charge in [0.2, 0.25) is 0 Å². The second-order valence-electron chi connectivity index (χ2n) is 9.31. The van der Waals surface area contributed by atoms with Crippen LogP contribution in [0, 0.1) is 6.92 Å². The molecule has 0 aliphatic heterocycles. The summed E-state index contributed by atoms with van der Waals surface area (Å²) in [4.78, 5) is 31.8. The molecule has 0 saturated carbocycles. The molecule has 0 saturated heterocycles. The maximum absolute atomic E-state index is 13.7. The van der Waals surface area contributed by atoms with Crippen LogP contribution in [0.4, 0.5) is 0 Å². The zero-order valence-electron chi connectivity index (χ0n) is 22.0. The fourth-order valence-corrected chi connectivity index (χ4v) is 4.91. The summed E-state index contributed by atoms with van der Waals surface area (Å²) < 4.78 is 9.76. The molecule has 200 valence electrons. The first-order chi connectivity index (χ1) is 19.6. The van der Waals surface area contributed by atoms with Gasteiger partial charge in [-0.15, -0.1) is 5.10 Å². The van der Waals surface area contributed by atoms with Gasteiger partial charge in [-0.3, -0.25) is 9.36 Å². The van der Waals surface area contributed by atoms with Crippen molar-refractivity contribution >= 4 is 11.2 Å². The lowest BCUT2D eigenvalue weighted by Gasteiger charge is -2.13. The van der Waals surface area contributed by atoms with Crippen molar-refractivity contribution in [3.05, 3.63) is 111 Å². The van der Waals surface area contributed by atoms with Gasteiger partial charge in [-0.25, -0.2) is 19.4 Å². The lowest BCUT2D eigenvalue weighted by molar-refractivity contribution is 0.184. The Morgan fingerprint density at radius 3 is 2.30 bits per heavy atom. The van der Waals surface area contributed by atoms with Gasteiger partial charge in [0.15, 0.2) is 17.0 Å². The van der Waals surface area contributed by atoms with Crippen LogP contribution < -0.4 is 11.2 Å². The van der Waals surface area contributed by atoms with E-state index in [1.165, 1.54) is 16.2 Å². The second kappa shape index (κ2) is 10.5. The van der Waals surface area contributed by atoms with Crippen LogP contribution in [0.1, 0.15) is 11.4 Å². The van der Waals surface area contributed by atoms with Gasteiger partial charge in [0.25, 0.3) is 5.56 Å². The minimum atomic E-state index is -0.449. The zero-order chi connectivity index (χ0) is 27.6. The first-order valence-corrected chi connectivity index (χ1v) is 12.8. The molecule has 1 N–H and O–H groups in total. The molecule has 11 nitrogen and oxygen atoms in total. The molecule has 6 rings (SSSR count). The van der Waals surface area contributed by atoms with E-state index in [0.717, 1.165) is 22.3 Å². The van der Waals surface area contributed by atoms with E-state index in [4.69, 9.17) is 9.72 Å². The molecule has 0 atom stereocenters. The Bertz CT molecular complexity index is 1900. The number of imidazole rings is 1. The van der Waals surface area contributed by atoms with Gasteiger partial charge < -0.3 is 9.30 Å². The molecule has 3 aromatic carbocycles. The van der Waals surface area contributed by atoms with E-state index in [0.29, 0.717) is 35.0 Å². The Hall–Kier alpha value is -5.16. The number of aromatic nitrogens is 8. The zero-order valence-corrected chi connectivity index (χ0v) is 22.0. The van der Waals surface area contributed by atoms with Crippen LogP contribution in [-0.4, -0.2) is 53.0 Å². The van der Waals surface area contributed by atoms with Gasteiger partial charge >= 0.3 is 5.69 Å². The highest BCUT2D eigenvalue weighted by molar-refractivity contribution is 5.80. The summed E-state index contributed by atoms with van der Waals surface area (Å²) in [7, 11) is 1.54. The van der Waals surface area contributed by atoms with Crippen molar-refractivity contribution in [2.45, 2.75) is 20.0 Å². The minimum absolute atomic E-state index is 0.135. The van der Waals surface area contributed by atoms with Crippen molar-refractivity contribution in [3.63, 3.8) is 0 Å². The van der Waals surface area contributed by atoms with E-state index in [1.807, 2.05) is 90.4 Å². The molecule has 0 amide bonds. The Balaban J connectivity index is 1.43. The van der Waals surface area contributed by atoms with Gasteiger partial charge in [-0.05, 0) is 46.2 Å². The number of hydrogen-bond donors (Lipinski definition) is 1. The first kappa shape index (κ1) is 25.1. The highest BCUT2D eigenvalue weighted by atomic mass is 16.5. The molecule has 0 bridgehead atoms. The van der Waals surface area contributed by atoms with E-state index >= 15 is 0 Å². The third-order valence-electron chi connectivity index (χ3n) is 6.89. The van der Waals surface area contributed by atoms with E-state index in [9.17, 15) is 9.59 Å². The molecule has 3 heterocycles. The number of hydrogen-bond acceptors (Lipinski definition) is 7. The maximum Gasteiger partial charge on any atom is 0.337 e. The van der Waals surface area contributed by atoms with E-state index in [-0.39, 0.29) is 13.2 Å². The fraction of sp³-hybridized carbons (Fsp3) is 0.172. The summed E-state index contributed by atoms with van der Waals surface area (Å²) >= 11 is 0. The lowest BCUT2D eigenvalue weighted by atomic mass is 9.98. The maximum atomic E-state index is 13.7. The lowest BCUT2D eigenvalue weighted by Crippen LogP contribution is -2.41. The Morgan fingerprint density at radius 2 is 1.60 bits per heavy atom. The van der Waals surface area contributed by atoms with Gasteiger partial charge in [0.05, 0.1) is 18.8 Å². The number of aryl methyl sites for hydroxylation is 1. The summed E-state index contributed by atoms with van der Waals surface area (Å²) in [5.74, 6) is 1.22. The predicted molar refractivity (Wildman–Crippen MR) is 150 cm³/mol. The van der Waals surface area contributed by atoms with Crippen molar-refractivity contribution < 1.29 is 4.74 Å². The molecule has 0 fully saturated rings. The largest absolute Gasteiger partial charge is 0.383 e. The standard InChI is InChI=1S/C29H26N8O3/c1-19-30-27-25(28(38)35(16-17-40-2)29(39)37(27)22-8-4-3-5-9-22)36(19)18-20-12-14-21(15-13-20)23-10-6-7-11-24(23)26-31-33-34-32-26/h3-15H,16-18H2,1-2H3,(H,31,32,33,34). The summed E-state index contributed by atoms with van der Waals surface area (Å²) in [6.07, 6.45) is 0. The molecule has 0 spiro atoms. The number of nitrogens with zero attached hydrogens (tertiary/aromatic N) is 7. The quantitative estimate of drug-likeness (QED) is 0.318. The molecule has 40 heavy (non-hydrogen) atoms. The van der Waals surface area contributed by atoms with E-state index in [1.54, 1.807) is 0 Å². The number of para-hydroxylation sites is 1. The van der Waals surface area contributed by atoms with Gasteiger partial charge in [-0.2, -0.15) is 0 Å². The monoisotopic (exact) mass is 534 g/mol. The average molecular weight is 535 g/mol. The molecule has 6 aromatic rings. The number of tetrazole rings is 1. The van der Waals surface area contributed by atoms with Crippen LogP contribution in [0.3, 0.4) is 0 Å². The van der Waals surface area contributed by atoms with Gasteiger partial charge in [0.1, 0.15) is 5.82 Å². The number of rotatable bonds is 8. The third kappa shape index (κ3) is 4.41. The van der Waals surface area contributed by atoms with Crippen molar-refractivity contribution in [2.75, 3.05) is 13.7 Å². The summed E-state index contributed by atoms with van der Waals surface area (Å²) in [6, 6.07) is 25.2. The Morgan fingerprint density at radius 1 is 0.875 bits per heavy atom. The summed E-state index contributed by atoms with van der Waals surface area (Å²) in [5.41, 5.74) is 4.36. The Labute approximate surface area is 228 Å². The second-order valence-corrected chi connectivity index (χ2v) is 9.31. The Kier molecular flexibility index (Phi) is 6.62. The molecule has 11 heteroatoms. The summed E-state index contributed by atoms with van der Waals surface area (Å²) in [6.45, 7) is 2.61. The smallest absolute Gasteiger partial charge is 0.337 e. The van der Waals surface area contributed by atoms with Crippen LogP contribution >= 0.6 is 0 Å². The molecule has 0 radical (unpaired) electrons. The molecule has 0 aliphatic carbocycles. The molecule has 3 aromatic heterocycles.